The number of hydrogen-bond donors (Lipinski definition) is 1. The summed E-state index contributed by atoms with van der Waals surface area (Å²) in [6, 6.07) is 20.3. The molecule has 1 aliphatic rings. The summed E-state index contributed by atoms with van der Waals surface area (Å²) in [5.41, 5.74) is 7.24. The fourth-order valence-electron chi connectivity index (χ4n) is 4.63. The van der Waals surface area contributed by atoms with Gasteiger partial charge in [-0.25, -0.2) is 4.99 Å². The summed E-state index contributed by atoms with van der Waals surface area (Å²) in [7, 11) is 0. The lowest BCUT2D eigenvalue weighted by atomic mass is 9.95. The van der Waals surface area contributed by atoms with E-state index in [0.29, 0.717) is 0 Å². The summed E-state index contributed by atoms with van der Waals surface area (Å²) in [5.74, 6) is -0.0675. The number of thiophene rings is 1. The van der Waals surface area contributed by atoms with E-state index in [0.717, 1.165) is 58.2 Å². The van der Waals surface area contributed by atoms with E-state index in [1.165, 1.54) is 20.4 Å². The minimum atomic E-state index is -0.0675. The Morgan fingerprint density at radius 2 is 1.79 bits per heavy atom. The number of carbonyl (C=O) groups excluding carboxylic acids is 1. The molecule has 0 aliphatic heterocycles. The van der Waals surface area contributed by atoms with Crippen molar-refractivity contribution >= 4 is 56.7 Å². The van der Waals surface area contributed by atoms with E-state index in [-0.39, 0.29) is 5.91 Å². The lowest BCUT2D eigenvalue weighted by Crippen LogP contribution is -2.14. The van der Waals surface area contributed by atoms with Crippen molar-refractivity contribution in [1.29, 1.82) is 0 Å². The molecule has 1 aliphatic carbocycles. The molecule has 0 unspecified atom stereocenters. The van der Waals surface area contributed by atoms with Gasteiger partial charge in [0.15, 0.2) is 0 Å². The third-order valence-electron chi connectivity index (χ3n) is 6.29. The first-order valence-electron chi connectivity index (χ1n) is 11.5. The van der Waals surface area contributed by atoms with Crippen LogP contribution in [-0.2, 0) is 12.8 Å². The van der Waals surface area contributed by atoms with Crippen LogP contribution in [0.25, 0.3) is 5.69 Å². The second kappa shape index (κ2) is 9.88. The number of aromatic nitrogens is 1. The zero-order valence-electron chi connectivity index (χ0n) is 19.3. The summed E-state index contributed by atoms with van der Waals surface area (Å²) in [5, 5.41) is 3.88. The van der Waals surface area contributed by atoms with Crippen LogP contribution in [0.4, 0.5) is 10.7 Å². The van der Waals surface area contributed by atoms with E-state index in [2.05, 4.69) is 76.7 Å². The summed E-state index contributed by atoms with van der Waals surface area (Å²) >= 11 is 3.99. The average Bonchev–Trinajstić information content (AvgIpc) is 3.35. The van der Waals surface area contributed by atoms with Crippen LogP contribution >= 0.6 is 33.9 Å². The Bertz CT molecular complexity index is 1370. The molecule has 2 aromatic carbocycles. The van der Waals surface area contributed by atoms with E-state index in [4.69, 9.17) is 4.99 Å². The third kappa shape index (κ3) is 4.61. The van der Waals surface area contributed by atoms with E-state index in [1.54, 1.807) is 11.3 Å². The van der Waals surface area contributed by atoms with Crippen molar-refractivity contribution in [2.24, 2.45) is 4.99 Å². The molecular formula is C28H26IN3OS. The standard InChI is InChI=1S/C28H26IN3OS/c1-18-16-20(19(2)32(18)23-14-12-21(29)13-15-23)17-30-28-26(24-10-6-7-11-25(24)34-28)27(33)31-22-8-4-3-5-9-22/h3-5,8-9,12-17H,6-7,10-11H2,1-2H3,(H,31,33). The van der Waals surface area contributed by atoms with Gasteiger partial charge in [-0.3, -0.25) is 4.79 Å². The van der Waals surface area contributed by atoms with Gasteiger partial charge in [0, 0.05) is 43.0 Å². The molecule has 0 spiro atoms. The molecule has 4 nitrogen and oxygen atoms in total. The van der Waals surface area contributed by atoms with Gasteiger partial charge in [0.1, 0.15) is 5.00 Å². The van der Waals surface area contributed by atoms with Gasteiger partial charge in [-0.2, -0.15) is 0 Å². The molecule has 4 aromatic rings. The van der Waals surface area contributed by atoms with Crippen LogP contribution in [0, 0.1) is 17.4 Å². The minimum Gasteiger partial charge on any atom is -0.322 e. The van der Waals surface area contributed by atoms with E-state index in [1.807, 2.05) is 36.5 Å². The van der Waals surface area contributed by atoms with Crippen LogP contribution in [0.5, 0.6) is 0 Å². The van der Waals surface area contributed by atoms with Gasteiger partial charge in [0.25, 0.3) is 5.91 Å². The SMILES string of the molecule is Cc1cc(C=Nc2sc3c(c2C(=O)Nc2ccccc2)CCCC3)c(C)n1-c1ccc(I)cc1. The molecule has 2 heterocycles. The van der Waals surface area contributed by atoms with Gasteiger partial charge in [0.2, 0.25) is 0 Å². The van der Waals surface area contributed by atoms with Crippen LogP contribution in [0.3, 0.4) is 0 Å². The van der Waals surface area contributed by atoms with Crippen molar-refractivity contribution < 1.29 is 4.79 Å². The van der Waals surface area contributed by atoms with Crippen molar-refractivity contribution in [2.45, 2.75) is 39.5 Å². The molecule has 172 valence electrons. The Morgan fingerprint density at radius 1 is 1.06 bits per heavy atom. The Kier molecular flexibility index (Phi) is 6.70. The molecule has 0 radical (unpaired) electrons. The van der Waals surface area contributed by atoms with Gasteiger partial charge >= 0.3 is 0 Å². The number of aryl methyl sites for hydroxylation is 2. The first-order valence-corrected chi connectivity index (χ1v) is 13.4. The number of carbonyl (C=O) groups is 1. The molecule has 0 saturated carbocycles. The van der Waals surface area contributed by atoms with Crippen molar-refractivity contribution in [3.05, 3.63) is 97.2 Å². The summed E-state index contributed by atoms with van der Waals surface area (Å²) in [4.78, 5) is 19.5. The predicted octanol–water partition coefficient (Wildman–Crippen LogP) is 7.64. The third-order valence-corrected chi connectivity index (χ3v) is 8.21. The maximum absolute atomic E-state index is 13.3. The van der Waals surface area contributed by atoms with E-state index in [9.17, 15) is 4.79 Å². The van der Waals surface area contributed by atoms with Crippen molar-refractivity contribution in [3.63, 3.8) is 0 Å². The fourth-order valence-corrected chi connectivity index (χ4v) is 6.22. The molecule has 6 heteroatoms. The Labute approximate surface area is 217 Å². The van der Waals surface area contributed by atoms with E-state index >= 15 is 0 Å². The molecule has 0 saturated heterocycles. The van der Waals surface area contributed by atoms with Crippen molar-refractivity contribution in [1.82, 2.24) is 4.57 Å². The monoisotopic (exact) mass is 579 g/mol. The van der Waals surface area contributed by atoms with Crippen LogP contribution < -0.4 is 5.32 Å². The zero-order chi connectivity index (χ0) is 23.7. The molecular weight excluding hydrogens is 553 g/mol. The van der Waals surface area contributed by atoms with Gasteiger partial charge in [-0.15, -0.1) is 11.3 Å². The highest BCUT2D eigenvalue weighted by molar-refractivity contribution is 14.1. The molecule has 0 atom stereocenters. The Hall–Kier alpha value is -2.71. The van der Waals surface area contributed by atoms with Gasteiger partial charge < -0.3 is 9.88 Å². The van der Waals surface area contributed by atoms with Gasteiger partial charge in [0.05, 0.1) is 5.56 Å². The zero-order valence-corrected chi connectivity index (χ0v) is 22.2. The second-order valence-corrected chi connectivity index (χ2v) is 10.9. The van der Waals surface area contributed by atoms with E-state index < -0.39 is 0 Å². The molecule has 1 amide bonds. The van der Waals surface area contributed by atoms with Crippen LogP contribution in [0.1, 0.15) is 50.6 Å². The molecule has 2 aromatic heterocycles. The van der Waals surface area contributed by atoms with Crippen molar-refractivity contribution in [2.75, 3.05) is 5.32 Å². The second-order valence-electron chi connectivity index (χ2n) is 8.61. The summed E-state index contributed by atoms with van der Waals surface area (Å²) < 4.78 is 3.47. The lowest BCUT2D eigenvalue weighted by Gasteiger charge is -2.12. The number of aliphatic imine (C=N–C) groups is 1. The number of amides is 1. The molecule has 5 rings (SSSR count). The number of nitrogens with one attached hydrogen (secondary N) is 1. The summed E-state index contributed by atoms with van der Waals surface area (Å²) in [6.07, 6.45) is 6.19. The molecule has 0 fully saturated rings. The average molecular weight is 580 g/mol. The number of benzene rings is 2. The lowest BCUT2D eigenvalue weighted by molar-refractivity contribution is 0.102. The van der Waals surface area contributed by atoms with Crippen molar-refractivity contribution in [3.8, 4) is 5.69 Å². The largest absolute Gasteiger partial charge is 0.322 e. The highest BCUT2D eigenvalue weighted by Gasteiger charge is 2.25. The number of nitrogens with zero attached hydrogens (tertiary/aromatic N) is 2. The number of anilines is 1. The predicted molar refractivity (Wildman–Crippen MR) is 151 cm³/mol. The highest BCUT2D eigenvalue weighted by atomic mass is 127. The molecule has 1 N–H and O–H groups in total. The number of para-hydroxylation sites is 1. The highest BCUT2D eigenvalue weighted by Crippen LogP contribution is 2.40. The topological polar surface area (TPSA) is 46.4 Å². The van der Waals surface area contributed by atoms with Crippen LogP contribution in [0.15, 0.2) is 65.7 Å². The first-order chi connectivity index (χ1) is 16.5. The first kappa shape index (κ1) is 23.1. The Morgan fingerprint density at radius 3 is 2.56 bits per heavy atom. The molecule has 0 bridgehead atoms. The normalized spacial score (nSPS) is 13.3. The van der Waals surface area contributed by atoms with Gasteiger partial charge in [-0.1, -0.05) is 18.2 Å². The van der Waals surface area contributed by atoms with Crippen LogP contribution in [0.2, 0.25) is 0 Å². The Balaban J connectivity index is 1.50. The van der Waals surface area contributed by atoms with Gasteiger partial charge in [-0.05, 0) is 110 Å². The quantitative estimate of drug-likeness (QED) is 0.192. The summed E-state index contributed by atoms with van der Waals surface area (Å²) in [6.45, 7) is 4.24. The smallest absolute Gasteiger partial charge is 0.259 e. The maximum atomic E-state index is 13.3. The maximum Gasteiger partial charge on any atom is 0.259 e. The minimum absolute atomic E-state index is 0.0675. The number of halogens is 1. The fraction of sp³-hybridized carbons (Fsp3) is 0.214. The number of hydrogen-bond acceptors (Lipinski definition) is 3. The number of fused-ring (bicyclic) bond motifs is 1. The van der Waals surface area contributed by atoms with Crippen LogP contribution in [-0.4, -0.2) is 16.7 Å². The molecule has 34 heavy (non-hydrogen) atoms. The number of rotatable bonds is 5.